The number of benzene rings is 1. The van der Waals surface area contributed by atoms with Crippen LogP contribution in [0.25, 0.3) is 10.2 Å². The van der Waals surface area contributed by atoms with E-state index in [1.807, 2.05) is 23.7 Å². The van der Waals surface area contributed by atoms with Crippen LogP contribution < -0.4 is 5.73 Å². The second-order valence-electron chi connectivity index (χ2n) is 2.32. The topological polar surface area (TPSA) is 38.9 Å². The summed E-state index contributed by atoms with van der Waals surface area (Å²) in [5, 5.41) is 0. The molecule has 1 heterocycles. The predicted molar refractivity (Wildman–Crippen MR) is 47.5 cm³/mol. The zero-order valence-electron chi connectivity index (χ0n) is 5.95. The van der Waals surface area contributed by atoms with E-state index in [1.165, 1.54) is 10.3 Å². The van der Waals surface area contributed by atoms with Crippen LogP contribution in [0.4, 0.5) is 0 Å². The molecule has 56 valence electrons. The number of thiazole rings is 1. The Balaban J connectivity index is 2.79. The van der Waals surface area contributed by atoms with Crippen LogP contribution in [0, 0.1) is 0 Å². The molecule has 1 aromatic carbocycles. The summed E-state index contributed by atoms with van der Waals surface area (Å²) in [4.78, 5) is 4.19. The van der Waals surface area contributed by atoms with E-state index < -0.39 is 0 Å². The highest BCUT2D eigenvalue weighted by molar-refractivity contribution is 7.16. The van der Waals surface area contributed by atoms with Crippen molar-refractivity contribution < 1.29 is 0 Å². The summed E-state index contributed by atoms with van der Waals surface area (Å²) in [6.07, 6.45) is 0. The molecule has 0 spiro atoms. The molecule has 0 radical (unpaired) electrons. The second-order valence-corrected chi connectivity index (χ2v) is 3.18. The molecule has 2 rings (SSSR count). The van der Waals surface area contributed by atoms with Crippen LogP contribution in [0.2, 0.25) is 0 Å². The highest BCUT2D eigenvalue weighted by Crippen LogP contribution is 2.21. The third-order valence-electron chi connectivity index (χ3n) is 1.66. The molecule has 11 heavy (non-hydrogen) atoms. The molecule has 0 bridgehead atoms. The Morgan fingerprint density at radius 1 is 1.45 bits per heavy atom. The van der Waals surface area contributed by atoms with Crippen LogP contribution in [-0.2, 0) is 6.54 Å². The van der Waals surface area contributed by atoms with Gasteiger partial charge in [-0.2, -0.15) is 0 Å². The Bertz CT molecular complexity index is 367. The largest absolute Gasteiger partial charge is 0.326 e. The van der Waals surface area contributed by atoms with Crippen molar-refractivity contribution >= 4 is 21.6 Å². The SMILES string of the molecule is NCc1cccc2ncsc12. The maximum atomic E-state index is 5.55. The molecule has 2 nitrogen and oxygen atoms in total. The number of nitrogens with two attached hydrogens (primary N) is 1. The van der Waals surface area contributed by atoms with E-state index in [4.69, 9.17) is 5.73 Å². The molecule has 0 saturated carbocycles. The van der Waals surface area contributed by atoms with Gasteiger partial charge in [-0.25, -0.2) is 4.98 Å². The average molecular weight is 164 g/mol. The van der Waals surface area contributed by atoms with Gasteiger partial charge >= 0.3 is 0 Å². The molecule has 0 aliphatic carbocycles. The summed E-state index contributed by atoms with van der Waals surface area (Å²) in [6, 6.07) is 6.04. The summed E-state index contributed by atoms with van der Waals surface area (Å²) < 4.78 is 1.22. The van der Waals surface area contributed by atoms with Crippen LogP contribution in [0.15, 0.2) is 23.7 Å². The molecule has 0 aliphatic heterocycles. The van der Waals surface area contributed by atoms with Gasteiger partial charge in [0.1, 0.15) is 0 Å². The lowest BCUT2D eigenvalue weighted by atomic mass is 10.2. The van der Waals surface area contributed by atoms with Gasteiger partial charge < -0.3 is 5.73 Å². The van der Waals surface area contributed by atoms with Crippen molar-refractivity contribution in [3.05, 3.63) is 29.3 Å². The van der Waals surface area contributed by atoms with Crippen molar-refractivity contribution in [1.82, 2.24) is 4.98 Å². The summed E-state index contributed by atoms with van der Waals surface area (Å²) in [5.74, 6) is 0. The number of nitrogens with zero attached hydrogens (tertiary/aromatic N) is 1. The van der Waals surface area contributed by atoms with Crippen molar-refractivity contribution in [2.24, 2.45) is 5.73 Å². The van der Waals surface area contributed by atoms with E-state index >= 15 is 0 Å². The first kappa shape index (κ1) is 6.76. The van der Waals surface area contributed by atoms with Gasteiger partial charge in [0.05, 0.1) is 15.7 Å². The van der Waals surface area contributed by atoms with E-state index in [9.17, 15) is 0 Å². The minimum absolute atomic E-state index is 0.597. The van der Waals surface area contributed by atoms with Crippen molar-refractivity contribution in [2.45, 2.75) is 6.54 Å². The minimum Gasteiger partial charge on any atom is -0.326 e. The molecule has 0 amide bonds. The Kier molecular flexibility index (Phi) is 1.60. The summed E-state index contributed by atoms with van der Waals surface area (Å²) in [7, 11) is 0. The van der Waals surface area contributed by atoms with Gasteiger partial charge in [0.15, 0.2) is 0 Å². The molecule has 1 aromatic heterocycles. The monoisotopic (exact) mass is 164 g/mol. The normalized spacial score (nSPS) is 10.6. The number of aromatic nitrogens is 1. The molecule has 0 saturated heterocycles. The third-order valence-corrected chi connectivity index (χ3v) is 2.58. The summed E-state index contributed by atoms with van der Waals surface area (Å²) in [6.45, 7) is 0.597. The molecule has 0 unspecified atom stereocenters. The van der Waals surface area contributed by atoms with E-state index in [0.29, 0.717) is 6.54 Å². The van der Waals surface area contributed by atoms with E-state index in [2.05, 4.69) is 4.98 Å². The average Bonchev–Trinajstić information content (AvgIpc) is 2.50. The van der Waals surface area contributed by atoms with Crippen LogP contribution in [0.1, 0.15) is 5.56 Å². The Labute approximate surface area is 68.7 Å². The fourth-order valence-electron chi connectivity index (χ4n) is 1.11. The molecule has 3 heteroatoms. The van der Waals surface area contributed by atoms with E-state index in [1.54, 1.807) is 11.3 Å². The lowest BCUT2D eigenvalue weighted by Crippen LogP contribution is -1.95. The molecule has 0 aliphatic rings. The van der Waals surface area contributed by atoms with Crippen molar-refractivity contribution in [3.63, 3.8) is 0 Å². The summed E-state index contributed by atoms with van der Waals surface area (Å²) >= 11 is 1.65. The maximum Gasteiger partial charge on any atom is 0.0815 e. The molecule has 0 atom stereocenters. The molecule has 0 fully saturated rings. The number of rotatable bonds is 1. The maximum absolute atomic E-state index is 5.55. The Morgan fingerprint density at radius 3 is 3.18 bits per heavy atom. The standard InChI is InChI=1S/C8H8N2S/c9-4-6-2-1-3-7-8(6)11-5-10-7/h1-3,5H,4,9H2. The van der Waals surface area contributed by atoms with Gasteiger partial charge in [0.25, 0.3) is 0 Å². The van der Waals surface area contributed by atoms with Gasteiger partial charge in [-0.1, -0.05) is 12.1 Å². The fraction of sp³-hybridized carbons (Fsp3) is 0.125. The molecular formula is C8H8N2S. The van der Waals surface area contributed by atoms with Gasteiger partial charge in [0.2, 0.25) is 0 Å². The lowest BCUT2D eigenvalue weighted by molar-refractivity contribution is 1.09. The fourth-order valence-corrected chi connectivity index (χ4v) is 1.92. The smallest absolute Gasteiger partial charge is 0.0815 e. The van der Waals surface area contributed by atoms with Crippen LogP contribution >= 0.6 is 11.3 Å². The first-order chi connectivity index (χ1) is 5.42. The van der Waals surface area contributed by atoms with Crippen molar-refractivity contribution in [3.8, 4) is 0 Å². The van der Waals surface area contributed by atoms with Gasteiger partial charge in [-0.05, 0) is 11.6 Å². The van der Waals surface area contributed by atoms with Gasteiger partial charge in [-0.3, -0.25) is 0 Å². The van der Waals surface area contributed by atoms with Gasteiger partial charge in [-0.15, -0.1) is 11.3 Å². The van der Waals surface area contributed by atoms with Crippen LogP contribution in [-0.4, -0.2) is 4.98 Å². The minimum atomic E-state index is 0.597. The van der Waals surface area contributed by atoms with Crippen LogP contribution in [0.5, 0.6) is 0 Å². The summed E-state index contributed by atoms with van der Waals surface area (Å²) in [5.41, 5.74) is 9.64. The quantitative estimate of drug-likeness (QED) is 0.697. The third kappa shape index (κ3) is 1.02. The molecule has 2 N–H and O–H groups in total. The number of hydrogen-bond acceptors (Lipinski definition) is 3. The highest BCUT2D eigenvalue weighted by Gasteiger charge is 1.99. The van der Waals surface area contributed by atoms with Crippen molar-refractivity contribution in [1.29, 1.82) is 0 Å². The van der Waals surface area contributed by atoms with E-state index in [-0.39, 0.29) is 0 Å². The molecule has 2 aromatic rings. The zero-order chi connectivity index (χ0) is 7.68. The molecular weight excluding hydrogens is 156 g/mol. The number of hydrogen-bond donors (Lipinski definition) is 1. The van der Waals surface area contributed by atoms with Crippen LogP contribution in [0.3, 0.4) is 0 Å². The Hall–Kier alpha value is -0.930. The zero-order valence-corrected chi connectivity index (χ0v) is 6.77. The van der Waals surface area contributed by atoms with Gasteiger partial charge in [0, 0.05) is 6.54 Å². The lowest BCUT2D eigenvalue weighted by Gasteiger charge is -1.95. The van der Waals surface area contributed by atoms with E-state index in [0.717, 1.165) is 5.52 Å². The second kappa shape index (κ2) is 2.60. The van der Waals surface area contributed by atoms with Crippen molar-refractivity contribution in [2.75, 3.05) is 0 Å². The number of fused-ring (bicyclic) bond motifs is 1. The Morgan fingerprint density at radius 2 is 2.36 bits per heavy atom. The predicted octanol–water partition coefficient (Wildman–Crippen LogP) is 1.75. The first-order valence-corrected chi connectivity index (χ1v) is 4.31. The highest BCUT2D eigenvalue weighted by atomic mass is 32.1. The first-order valence-electron chi connectivity index (χ1n) is 3.43.